The molecule has 0 radical (unpaired) electrons. The van der Waals surface area contributed by atoms with Crippen molar-refractivity contribution in [3.8, 4) is 11.3 Å². The van der Waals surface area contributed by atoms with Gasteiger partial charge < -0.3 is 5.73 Å². The molecule has 0 atom stereocenters. The second kappa shape index (κ2) is 4.04. The zero-order valence-corrected chi connectivity index (χ0v) is 9.92. The Kier molecular flexibility index (Phi) is 2.80. The SMILES string of the molecule is Cc1c(-c2ccc(C(F)(F)F)cc2)nn(C)c1N. The van der Waals surface area contributed by atoms with Crippen molar-refractivity contribution < 1.29 is 13.2 Å². The quantitative estimate of drug-likeness (QED) is 0.851. The van der Waals surface area contributed by atoms with Crippen molar-refractivity contribution in [3.63, 3.8) is 0 Å². The number of aromatic nitrogens is 2. The van der Waals surface area contributed by atoms with Gasteiger partial charge in [-0.15, -0.1) is 0 Å². The summed E-state index contributed by atoms with van der Waals surface area (Å²) in [7, 11) is 1.69. The van der Waals surface area contributed by atoms with Crippen molar-refractivity contribution in [1.29, 1.82) is 0 Å². The number of rotatable bonds is 1. The molecule has 18 heavy (non-hydrogen) atoms. The lowest BCUT2D eigenvalue weighted by Gasteiger charge is -2.06. The first kappa shape index (κ1) is 12.5. The monoisotopic (exact) mass is 255 g/mol. The fraction of sp³-hybridized carbons (Fsp3) is 0.250. The van der Waals surface area contributed by atoms with E-state index in [1.807, 2.05) is 0 Å². The number of hydrogen-bond acceptors (Lipinski definition) is 2. The number of hydrogen-bond donors (Lipinski definition) is 1. The Bertz CT molecular complexity index is 567. The average molecular weight is 255 g/mol. The molecule has 1 heterocycles. The van der Waals surface area contributed by atoms with E-state index >= 15 is 0 Å². The highest BCUT2D eigenvalue weighted by atomic mass is 19.4. The van der Waals surface area contributed by atoms with E-state index in [1.165, 1.54) is 16.8 Å². The summed E-state index contributed by atoms with van der Waals surface area (Å²) in [5.74, 6) is 0.505. The number of nitrogens with two attached hydrogens (primary N) is 1. The summed E-state index contributed by atoms with van der Waals surface area (Å²) < 4.78 is 38.8. The summed E-state index contributed by atoms with van der Waals surface area (Å²) in [6.45, 7) is 1.79. The zero-order valence-electron chi connectivity index (χ0n) is 9.92. The molecule has 0 bridgehead atoms. The van der Waals surface area contributed by atoms with Crippen molar-refractivity contribution in [1.82, 2.24) is 9.78 Å². The van der Waals surface area contributed by atoms with Crippen LogP contribution in [-0.4, -0.2) is 9.78 Å². The molecule has 1 aromatic heterocycles. The average Bonchev–Trinajstić information content (AvgIpc) is 2.56. The summed E-state index contributed by atoms with van der Waals surface area (Å²) in [6.07, 6.45) is -4.32. The first-order valence-electron chi connectivity index (χ1n) is 5.27. The third-order valence-corrected chi connectivity index (χ3v) is 2.82. The van der Waals surface area contributed by atoms with Gasteiger partial charge in [0.15, 0.2) is 0 Å². The van der Waals surface area contributed by atoms with Crippen LogP contribution in [0.4, 0.5) is 19.0 Å². The van der Waals surface area contributed by atoms with Gasteiger partial charge in [-0.25, -0.2) is 0 Å². The molecule has 0 aliphatic heterocycles. The van der Waals surface area contributed by atoms with E-state index in [4.69, 9.17) is 5.73 Å². The van der Waals surface area contributed by atoms with Crippen molar-refractivity contribution in [3.05, 3.63) is 35.4 Å². The highest BCUT2D eigenvalue weighted by Gasteiger charge is 2.30. The molecule has 0 aliphatic carbocycles. The topological polar surface area (TPSA) is 43.8 Å². The second-order valence-corrected chi connectivity index (χ2v) is 4.06. The van der Waals surface area contributed by atoms with E-state index in [9.17, 15) is 13.2 Å². The summed E-state index contributed by atoms with van der Waals surface area (Å²) >= 11 is 0. The first-order valence-corrected chi connectivity index (χ1v) is 5.27. The van der Waals surface area contributed by atoms with Crippen LogP contribution in [0.25, 0.3) is 11.3 Å². The van der Waals surface area contributed by atoms with Gasteiger partial charge in [0.25, 0.3) is 0 Å². The Morgan fingerprint density at radius 2 is 1.72 bits per heavy atom. The normalized spacial score (nSPS) is 11.8. The molecule has 0 aliphatic rings. The third kappa shape index (κ3) is 2.05. The predicted octanol–water partition coefficient (Wildman–Crippen LogP) is 3.00. The van der Waals surface area contributed by atoms with Gasteiger partial charge >= 0.3 is 6.18 Å². The molecule has 3 nitrogen and oxygen atoms in total. The van der Waals surface area contributed by atoms with E-state index in [-0.39, 0.29) is 0 Å². The highest BCUT2D eigenvalue weighted by molar-refractivity contribution is 5.68. The minimum Gasteiger partial charge on any atom is -0.384 e. The lowest BCUT2D eigenvalue weighted by Crippen LogP contribution is -2.04. The van der Waals surface area contributed by atoms with Gasteiger partial charge in [0, 0.05) is 18.2 Å². The molecule has 6 heteroatoms. The fourth-order valence-corrected chi connectivity index (χ4v) is 1.73. The van der Waals surface area contributed by atoms with E-state index in [0.29, 0.717) is 17.1 Å². The van der Waals surface area contributed by atoms with Gasteiger partial charge in [-0.05, 0) is 19.1 Å². The molecular formula is C12H12F3N3. The summed E-state index contributed by atoms with van der Waals surface area (Å²) in [5, 5.41) is 4.18. The standard InChI is InChI=1S/C12H12F3N3/c1-7-10(17-18(2)11(7)16)8-3-5-9(6-4-8)12(13,14)15/h3-6H,16H2,1-2H3. The molecule has 0 saturated carbocycles. The number of anilines is 1. The van der Waals surface area contributed by atoms with Crippen molar-refractivity contribution >= 4 is 5.82 Å². The predicted molar refractivity (Wildman–Crippen MR) is 62.8 cm³/mol. The van der Waals surface area contributed by atoms with E-state index in [0.717, 1.165) is 17.7 Å². The van der Waals surface area contributed by atoms with Crippen molar-refractivity contribution in [2.75, 3.05) is 5.73 Å². The van der Waals surface area contributed by atoms with Crippen LogP contribution in [-0.2, 0) is 13.2 Å². The second-order valence-electron chi connectivity index (χ2n) is 4.06. The Labute approximate surface area is 102 Å². The van der Waals surface area contributed by atoms with Crippen LogP contribution in [0.15, 0.2) is 24.3 Å². The Hall–Kier alpha value is -1.98. The maximum atomic E-state index is 12.4. The van der Waals surface area contributed by atoms with Gasteiger partial charge in [0.05, 0.1) is 11.3 Å². The molecule has 2 N–H and O–H groups in total. The lowest BCUT2D eigenvalue weighted by molar-refractivity contribution is -0.137. The third-order valence-electron chi connectivity index (χ3n) is 2.82. The van der Waals surface area contributed by atoms with Gasteiger partial charge in [0.1, 0.15) is 5.82 Å². The summed E-state index contributed by atoms with van der Waals surface area (Å²) in [6, 6.07) is 4.88. The number of benzene rings is 1. The minimum absolute atomic E-state index is 0.505. The molecule has 0 saturated heterocycles. The highest BCUT2D eigenvalue weighted by Crippen LogP contribution is 2.32. The van der Waals surface area contributed by atoms with Gasteiger partial charge in [0.2, 0.25) is 0 Å². The number of nitrogen functional groups attached to an aromatic ring is 1. The van der Waals surface area contributed by atoms with Gasteiger partial charge in [-0.2, -0.15) is 18.3 Å². The van der Waals surface area contributed by atoms with Crippen LogP contribution < -0.4 is 5.73 Å². The maximum absolute atomic E-state index is 12.4. The fourth-order valence-electron chi connectivity index (χ4n) is 1.73. The van der Waals surface area contributed by atoms with Crippen LogP contribution >= 0.6 is 0 Å². The van der Waals surface area contributed by atoms with Crippen LogP contribution in [0, 0.1) is 6.92 Å². The number of alkyl halides is 3. The molecule has 0 unspecified atom stereocenters. The van der Waals surface area contributed by atoms with Crippen LogP contribution in [0.2, 0.25) is 0 Å². The molecule has 2 aromatic rings. The molecule has 0 spiro atoms. The molecular weight excluding hydrogens is 243 g/mol. The largest absolute Gasteiger partial charge is 0.416 e. The van der Waals surface area contributed by atoms with E-state index in [1.54, 1.807) is 14.0 Å². The Morgan fingerprint density at radius 1 is 1.17 bits per heavy atom. The van der Waals surface area contributed by atoms with E-state index < -0.39 is 11.7 Å². The molecule has 0 amide bonds. The molecule has 96 valence electrons. The van der Waals surface area contributed by atoms with Gasteiger partial charge in [-0.3, -0.25) is 4.68 Å². The van der Waals surface area contributed by atoms with Gasteiger partial charge in [-0.1, -0.05) is 12.1 Å². The Morgan fingerprint density at radius 3 is 2.11 bits per heavy atom. The minimum atomic E-state index is -4.32. The summed E-state index contributed by atoms with van der Waals surface area (Å²) in [4.78, 5) is 0. The molecule has 0 fully saturated rings. The molecule has 1 aromatic carbocycles. The number of halogens is 3. The number of aryl methyl sites for hydroxylation is 1. The van der Waals surface area contributed by atoms with E-state index in [2.05, 4.69) is 5.10 Å². The molecule has 2 rings (SSSR count). The van der Waals surface area contributed by atoms with Crippen molar-refractivity contribution in [2.45, 2.75) is 13.1 Å². The number of nitrogens with zero attached hydrogens (tertiary/aromatic N) is 2. The first-order chi connectivity index (χ1) is 8.30. The smallest absolute Gasteiger partial charge is 0.384 e. The van der Waals surface area contributed by atoms with Crippen molar-refractivity contribution in [2.24, 2.45) is 7.05 Å². The summed E-state index contributed by atoms with van der Waals surface area (Å²) in [5.41, 5.74) is 7.07. The van der Waals surface area contributed by atoms with Crippen LogP contribution in [0.5, 0.6) is 0 Å². The van der Waals surface area contributed by atoms with Crippen LogP contribution in [0.3, 0.4) is 0 Å². The zero-order chi connectivity index (χ0) is 13.5. The lowest BCUT2D eigenvalue weighted by atomic mass is 10.1. The Balaban J connectivity index is 2.44. The van der Waals surface area contributed by atoms with Crippen LogP contribution in [0.1, 0.15) is 11.1 Å². The maximum Gasteiger partial charge on any atom is 0.416 e.